The van der Waals surface area contributed by atoms with Gasteiger partial charge in [0.2, 0.25) is 5.29 Å². The fourth-order valence-corrected chi connectivity index (χ4v) is 5.54. The molecule has 7 heteroatoms. The maximum absolute atomic E-state index is 12.7. The van der Waals surface area contributed by atoms with Gasteiger partial charge in [0.25, 0.3) is 0 Å². The van der Waals surface area contributed by atoms with Gasteiger partial charge in [-0.25, -0.2) is 0 Å². The molecule has 0 spiro atoms. The van der Waals surface area contributed by atoms with Crippen LogP contribution in [0.1, 0.15) is 38.3 Å². The predicted octanol–water partition coefficient (Wildman–Crippen LogP) is 3.14. The van der Waals surface area contributed by atoms with Crippen LogP contribution in [0.15, 0.2) is 23.3 Å². The first-order valence-corrected chi connectivity index (χ1v) is 9.86. The molecule has 1 heterocycles. The summed E-state index contributed by atoms with van der Waals surface area (Å²) in [6.45, 7) is 2.25. The second kappa shape index (κ2) is 7.06. The summed E-state index contributed by atoms with van der Waals surface area (Å²) in [5, 5.41) is 10.8. The van der Waals surface area contributed by atoms with Crippen LogP contribution in [-0.4, -0.2) is 34.7 Å². The lowest BCUT2D eigenvalue weighted by molar-refractivity contribution is -0.162. The van der Waals surface area contributed by atoms with Crippen molar-refractivity contribution in [1.29, 1.82) is 5.41 Å². The summed E-state index contributed by atoms with van der Waals surface area (Å²) in [6, 6.07) is 3.73. The van der Waals surface area contributed by atoms with Gasteiger partial charge in [-0.15, -0.1) is 0 Å². The average molecular weight is 377 g/mol. The van der Waals surface area contributed by atoms with E-state index in [9.17, 15) is 4.79 Å². The van der Waals surface area contributed by atoms with Crippen LogP contribution in [0.5, 0.6) is 0 Å². The fourth-order valence-electron chi connectivity index (χ4n) is 5.45. The largest absolute Gasteiger partial charge is 0.466 e. The number of carbonyl (C=O) groups excluding carboxylic acids is 1. The number of ether oxygens (including phenoxy) is 1. The second-order valence-corrected chi connectivity index (χ2v) is 8.02. The van der Waals surface area contributed by atoms with Crippen LogP contribution >= 0.6 is 11.6 Å². The average Bonchev–Trinajstić information content (AvgIpc) is 3.13. The van der Waals surface area contributed by atoms with Crippen molar-refractivity contribution in [2.75, 3.05) is 6.61 Å². The van der Waals surface area contributed by atoms with E-state index in [0.29, 0.717) is 30.2 Å². The van der Waals surface area contributed by atoms with Crippen molar-refractivity contribution >= 4 is 28.7 Å². The molecule has 3 N–H and O–H groups in total. The van der Waals surface area contributed by atoms with Crippen molar-refractivity contribution in [3.8, 4) is 0 Å². The van der Waals surface area contributed by atoms with Crippen LogP contribution in [0.4, 0.5) is 0 Å². The Morgan fingerprint density at radius 2 is 2.23 bits per heavy atom. The number of nitrogens with one attached hydrogen (secondary N) is 3. The third kappa shape index (κ3) is 3.04. The van der Waals surface area contributed by atoms with Crippen molar-refractivity contribution in [2.24, 2.45) is 34.6 Å². The normalized spacial score (nSPS) is 35.4. The van der Waals surface area contributed by atoms with Crippen LogP contribution in [0, 0.1) is 35.0 Å². The van der Waals surface area contributed by atoms with Gasteiger partial charge in [0.15, 0.2) is 5.84 Å². The van der Waals surface area contributed by atoms with Gasteiger partial charge < -0.3 is 15.0 Å². The molecular weight excluding hydrogens is 352 g/mol. The maximum Gasteiger partial charge on any atom is 0.311 e. The highest BCUT2D eigenvalue weighted by molar-refractivity contribution is 6.64. The van der Waals surface area contributed by atoms with E-state index < -0.39 is 0 Å². The number of carbonyl (C=O) groups is 1. The molecule has 0 aliphatic heterocycles. The number of rotatable bonds is 4. The number of nitrogens with zero attached hydrogens (tertiary/aromatic N) is 1. The van der Waals surface area contributed by atoms with E-state index in [0.717, 1.165) is 24.5 Å². The molecule has 0 radical (unpaired) electrons. The summed E-state index contributed by atoms with van der Waals surface area (Å²) in [6.07, 6.45) is 6.36. The smallest absolute Gasteiger partial charge is 0.311 e. The summed E-state index contributed by atoms with van der Waals surface area (Å²) >= 11 is 5.75. The van der Waals surface area contributed by atoms with Crippen LogP contribution in [0.3, 0.4) is 0 Å². The van der Waals surface area contributed by atoms with Crippen molar-refractivity contribution in [1.82, 2.24) is 10.3 Å². The Balaban J connectivity index is 1.63. The monoisotopic (exact) mass is 376 g/mol. The second-order valence-electron chi connectivity index (χ2n) is 7.66. The van der Waals surface area contributed by atoms with E-state index in [2.05, 4.69) is 15.3 Å². The van der Waals surface area contributed by atoms with Crippen molar-refractivity contribution in [2.45, 2.75) is 38.6 Å². The molecule has 4 bridgehead atoms. The van der Waals surface area contributed by atoms with E-state index in [1.54, 1.807) is 6.20 Å². The minimum atomic E-state index is -0.282. The van der Waals surface area contributed by atoms with Crippen LogP contribution < -0.4 is 5.32 Å². The van der Waals surface area contributed by atoms with Gasteiger partial charge in [0.05, 0.1) is 18.2 Å². The third-order valence-electron chi connectivity index (χ3n) is 6.53. The minimum Gasteiger partial charge on any atom is -0.466 e. The fraction of sp³-hybridized carbons (Fsp3) is 0.632. The molecule has 26 heavy (non-hydrogen) atoms. The quantitative estimate of drug-likeness (QED) is 0.326. The topological polar surface area (TPSA) is 90.3 Å². The van der Waals surface area contributed by atoms with Crippen molar-refractivity contribution in [3.63, 3.8) is 0 Å². The summed E-state index contributed by atoms with van der Waals surface area (Å²) in [5.74, 6) is 2.83. The van der Waals surface area contributed by atoms with Crippen LogP contribution in [0.2, 0.25) is 0 Å². The third-order valence-corrected chi connectivity index (χ3v) is 6.61. The lowest BCUT2D eigenvalue weighted by Crippen LogP contribution is -2.62. The number of hydrogen-bond donors (Lipinski definition) is 3. The Hall–Kier alpha value is -1.82. The number of aromatic amines is 1. The number of aromatic nitrogens is 1. The highest BCUT2D eigenvalue weighted by Gasteiger charge is 2.58. The highest BCUT2D eigenvalue weighted by atomic mass is 35.5. The molecule has 3 saturated carbocycles. The van der Waals surface area contributed by atoms with Gasteiger partial charge in [-0.3, -0.25) is 10.2 Å². The summed E-state index contributed by atoms with van der Waals surface area (Å²) in [4.78, 5) is 20.0. The van der Waals surface area contributed by atoms with Gasteiger partial charge in [0, 0.05) is 12.2 Å². The molecule has 0 amide bonds. The van der Waals surface area contributed by atoms with Gasteiger partial charge in [-0.1, -0.05) is 0 Å². The molecule has 1 aromatic rings. The number of H-pyrrole nitrogens is 1. The summed E-state index contributed by atoms with van der Waals surface area (Å²) in [7, 11) is 0. The Morgan fingerprint density at radius 1 is 1.38 bits per heavy atom. The lowest BCUT2D eigenvalue weighted by Gasteiger charge is -2.61. The van der Waals surface area contributed by atoms with E-state index in [1.165, 1.54) is 12.8 Å². The molecule has 6 nitrogen and oxygen atoms in total. The first kappa shape index (κ1) is 17.6. The molecule has 3 fully saturated rings. The van der Waals surface area contributed by atoms with Gasteiger partial charge >= 0.3 is 5.97 Å². The molecule has 3 aliphatic rings. The van der Waals surface area contributed by atoms with Gasteiger partial charge in [-0.05, 0) is 80.0 Å². The number of aliphatic imine (C=N–C) groups is 1. The first-order valence-electron chi connectivity index (χ1n) is 9.48. The number of hydrogen-bond acceptors (Lipinski definition) is 3. The Kier molecular flexibility index (Phi) is 4.78. The zero-order chi connectivity index (χ0) is 18.3. The predicted molar refractivity (Wildman–Crippen MR) is 100 cm³/mol. The first-order chi connectivity index (χ1) is 12.6. The molecule has 1 unspecified atom stereocenters. The molecule has 6 atom stereocenters. The molecule has 4 rings (SSSR count). The highest BCUT2D eigenvalue weighted by Crippen LogP contribution is 2.60. The standard InChI is InChI=1S/C19H25ClN4O2/c1-2-26-18(25)14-9-12-10-5-6-11(13(12)8-10)16(14)23-17(24-19(20)21)15-4-3-7-22-15/h3-4,7,10-14,16,22H,2,5-6,8-9H2,1H3,(H2,21,23,24)/t10-,11-,12?,13-,14+,16+/m1/s1. The molecule has 3 aliphatic carbocycles. The van der Waals surface area contributed by atoms with Gasteiger partial charge in [0.1, 0.15) is 0 Å². The van der Waals surface area contributed by atoms with Crippen LogP contribution in [0.25, 0.3) is 0 Å². The zero-order valence-corrected chi connectivity index (χ0v) is 15.6. The molecule has 1 aromatic heterocycles. The SMILES string of the molecule is CCOC(=O)[C@H]1CC2[C@@H]3CC[C@@H]([C@@H]1N/C(=N/C(=N)Cl)c1ccc[nH]1)[C@H]2C3. The number of halogens is 1. The van der Waals surface area contributed by atoms with E-state index >= 15 is 0 Å². The van der Waals surface area contributed by atoms with Crippen molar-refractivity contribution in [3.05, 3.63) is 24.0 Å². The Bertz CT molecular complexity index is 715. The van der Waals surface area contributed by atoms with E-state index in [-0.39, 0.29) is 23.2 Å². The van der Waals surface area contributed by atoms with Gasteiger partial charge in [-0.2, -0.15) is 4.99 Å². The maximum atomic E-state index is 12.7. The number of amidine groups is 2. The minimum absolute atomic E-state index is 0.0328. The zero-order valence-electron chi connectivity index (χ0n) is 14.9. The van der Waals surface area contributed by atoms with E-state index in [1.807, 2.05) is 19.1 Å². The van der Waals surface area contributed by atoms with E-state index in [4.69, 9.17) is 21.7 Å². The molecule has 140 valence electrons. The van der Waals surface area contributed by atoms with Crippen LogP contribution in [-0.2, 0) is 9.53 Å². The molecular formula is C19H25ClN4O2. The molecule has 0 saturated heterocycles. The lowest BCUT2D eigenvalue weighted by atomic mass is 9.45. The Labute approximate surface area is 158 Å². The number of esters is 1. The molecule has 0 aromatic carbocycles. The van der Waals surface area contributed by atoms with Crippen molar-refractivity contribution < 1.29 is 9.53 Å². The Morgan fingerprint density at radius 3 is 2.88 bits per heavy atom. The summed E-state index contributed by atoms with van der Waals surface area (Å²) < 4.78 is 5.39. The summed E-state index contributed by atoms with van der Waals surface area (Å²) in [5.41, 5.74) is 0.766.